The first kappa shape index (κ1) is 27.8. The van der Waals surface area contributed by atoms with Crippen LogP contribution in [-0.2, 0) is 11.8 Å². The van der Waals surface area contributed by atoms with Crippen LogP contribution in [0.25, 0.3) is 21.8 Å². The van der Waals surface area contributed by atoms with E-state index in [4.69, 9.17) is 4.74 Å². The summed E-state index contributed by atoms with van der Waals surface area (Å²) in [4.78, 5) is 38.8. The Morgan fingerprint density at radius 2 is 2.00 bits per heavy atom. The van der Waals surface area contributed by atoms with E-state index in [2.05, 4.69) is 44.4 Å². The van der Waals surface area contributed by atoms with Crippen molar-refractivity contribution in [3.8, 4) is 6.01 Å². The molecule has 12 heteroatoms. The predicted octanol–water partition coefficient (Wildman–Crippen LogP) is 3.49. The van der Waals surface area contributed by atoms with E-state index in [0.717, 1.165) is 37.1 Å². The van der Waals surface area contributed by atoms with E-state index in [-0.39, 0.29) is 29.5 Å². The van der Waals surface area contributed by atoms with Crippen molar-refractivity contribution in [3.05, 3.63) is 48.0 Å². The Hall–Kier alpha value is -4.32. The van der Waals surface area contributed by atoms with Gasteiger partial charge in [0.1, 0.15) is 5.52 Å². The molecule has 2 unspecified atom stereocenters. The summed E-state index contributed by atoms with van der Waals surface area (Å²) in [6, 6.07) is 7.36. The summed E-state index contributed by atoms with van der Waals surface area (Å²) in [7, 11) is 1.72. The predicted molar refractivity (Wildman–Crippen MR) is 158 cm³/mol. The van der Waals surface area contributed by atoms with Crippen LogP contribution in [-0.4, -0.2) is 81.3 Å². The third-order valence-corrected chi connectivity index (χ3v) is 7.76. The molecule has 42 heavy (non-hydrogen) atoms. The highest BCUT2D eigenvalue weighted by Crippen LogP contribution is 2.31. The van der Waals surface area contributed by atoms with Crippen LogP contribution in [0.4, 0.5) is 15.8 Å². The number of likely N-dealkylation sites (tertiary alicyclic amines) is 1. The zero-order chi connectivity index (χ0) is 29.4. The fraction of sp³-hybridized carbons (Fsp3) is 0.433. The maximum absolute atomic E-state index is 14.7. The molecule has 0 bridgehead atoms. The second-order valence-corrected chi connectivity index (χ2v) is 11.3. The van der Waals surface area contributed by atoms with Gasteiger partial charge in [-0.15, -0.1) is 0 Å². The first-order valence-corrected chi connectivity index (χ1v) is 14.4. The molecule has 2 aliphatic rings. The number of nitrogens with zero attached hydrogens (tertiary/aromatic N) is 6. The largest absolute Gasteiger partial charge is 0.463 e. The number of aryl methyl sites for hydroxylation is 1. The number of ether oxygens (including phenoxy) is 1. The summed E-state index contributed by atoms with van der Waals surface area (Å²) in [5.41, 5.74) is 2.28. The van der Waals surface area contributed by atoms with Gasteiger partial charge in [0.25, 0.3) is 5.91 Å². The Bertz CT molecular complexity index is 1650. The van der Waals surface area contributed by atoms with Gasteiger partial charge in [0, 0.05) is 86.3 Å². The second-order valence-electron chi connectivity index (χ2n) is 11.3. The van der Waals surface area contributed by atoms with Gasteiger partial charge in [-0.25, -0.2) is 9.37 Å². The van der Waals surface area contributed by atoms with Gasteiger partial charge in [0.15, 0.2) is 5.82 Å². The minimum atomic E-state index is -0.515. The molecule has 0 aliphatic carbocycles. The molecule has 2 fully saturated rings. The highest BCUT2D eigenvalue weighted by Gasteiger charge is 2.25. The van der Waals surface area contributed by atoms with Crippen LogP contribution in [0.5, 0.6) is 6.01 Å². The molecule has 4 heterocycles. The van der Waals surface area contributed by atoms with Gasteiger partial charge in [-0.2, -0.15) is 10.1 Å². The van der Waals surface area contributed by atoms with Gasteiger partial charge in [-0.3, -0.25) is 14.3 Å². The molecule has 0 saturated carbocycles. The number of hydrogen-bond donors (Lipinski definition) is 2. The number of hydrogen-bond acceptors (Lipinski definition) is 8. The molecule has 2 aromatic heterocycles. The number of carbonyl (C=O) groups excluding carboxylic acids is 2. The van der Waals surface area contributed by atoms with E-state index in [1.807, 2.05) is 11.0 Å². The number of halogens is 1. The Morgan fingerprint density at radius 1 is 1.19 bits per heavy atom. The standard InChI is InChI=1S/C30H35FN8O3/c1-18-15-39(16-19(2)33-18)25-8-7-22(29(41)34-21-12-20-17-37(3)36-27(20)24(31)13-21)28-23(25)14-32-30(35-28)42-11-5-10-38-9-4-6-26(38)40/h7-8,12-14,17-19,33H,4-6,9-11,15-16H2,1-3H3,(H,34,41). The Balaban J connectivity index is 1.29. The molecule has 2 saturated heterocycles. The first-order chi connectivity index (χ1) is 20.2. The summed E-state index contributed by atoms with van der Waals surface area (Å²) in [5.74, 6) is -0.758. The Kier molecular flexibility index (Phi) is 7.63. The SMILES string of the molecule is CC1CN(c2ccc(C(=O)Nc3cc(F)c4nn(C)cc4c3)c3nc(OCCCN4CCCC4=O)ncc23)CC(C)N1. The maximum atomic E-state index is 14.7. The fourth-order valence-corrected chi connectivity index (χ4v) is 5.98. The molecule has 2 aliphatic heterocycles. The molecule has 220 valence electrons. The van der Waals surface area contributed by atoms with Crippen molar-refractivity contribution in [2.45, 2.75) is 45.2 Å². The van der Waals surface area contributed by atoms with Crippen LogP contribution in [0.15, 0.2) is 36.7 Å². The average Bonchev–Trinajstić information content (AvgIpc) is 3.54. The summed E-state index contributed by atoms with van der Waals surface area (Å²) >= 11 is 0. The van der Waals surface area contributed by atoms with Gasteiger partial charge in [0.05, 0.1) is 17.7 Å². The van der Waals surface area contributed by atoms with Crippen molar-refractivity contribution in [2.75, 3.05) is 43.0 Å². The summed E-state index contributed by atoms with van der Waals surface area (Å²) in [6.07, 6.45) is 5.55. The number of rotatable bonds is 8. The number of nitrogens with one attached hydrogen (secondary N) is 2. The van der Waals surface area contributed by atoms with Gasteiger partial charge >= 0.3 is 6.01 Å². The van der Waals surface area contributed by atoms with E-state index in [0.29, 0.717) is 48.1 Å². The molecule has 2 atom stereocenters. The van der Waals surface area contributed by atoms with Crippen LogP contribution in [0, 0.1) is 5.82 Å². The number of anilines is 2. The van der Waals surface area contributed by atoms with Crippen molar-refractivity contribution >= 4 is 45.0 Å². The normalized spacial score (nSPS) is 19.2. The van der Waals surface area contributed by atoms with Crippen LogP contribution >= 0.6 is 0 Å². The molecule has 11 nitrogen and oxygen atoms in total. The molecule has 0 spiro atoms. The maximum Gasteiger partial charge on any atom is 0.316 e. The lowest BCUT2D eigenvalue weighted by molar-refractivity contribution is -0.127. The molecule has 2 amide bonds. The van der Waals surface area contributed by atoms with E-state index in [1.54, 1.807) is 31.6 Å². The monoisotopic (exact) mass is 574 g/mol. The number of benzene rings is 2. The number of piperazine rings is 1. The van der Waals surface area contributed by atoms with Crippen LogP contribution in [0.2, 0.25) is 0 Å². The van der Waals surface area contributed by atoms with Crippen LogP contribution in [0.1, 0.15) is 43.5 Å². The molecule has 2 N–H and O–H groups in total. The minimum absolute atomic E-state index is 0.159. The van der Waals surface area contributed by atoms with Gasteiger partial charge in [-0.05, 0) is 51.0 Å². The average molecular weight is 575 g/mol. The Morgan fingerprint density at radius 3 is 2.76 bits per heavy atom. The van der Waals surface area contributed by atoms with Crippen molar-refractivity contribution in [3.63, 3.8) is 0 Å². The van der Waals surface area contributed by atoms with Gasteiger partial charge in [-0.1, -0.05) is 0 Å². The third-order valence-electron chi connectivity index (χ3n) is 7.76. The number of carbonyl (C=O) groups is 2. The van der Waals surface area contributed by atoms with E-state index in [1.165, 1.54) is 10.7 Å². The topological polar surface area (TPSA) is 118 Å². The van der Waals surface area contributed by atoms with Crippen LogP contribution < -0.4 is 20.3 Å². The number of amides is 2. The van der Waals surface area contributed by atoms with Gasteiger partial charge < -0.3 is 25.2 Å². The smallest absolute Gasteiger partial charge is 0.316 e. The van der Waals surface area contributed by atoms with Crippen molar-refractivity contribution in [1.29, 1.82) is 0 Å². The minimum Gasteiger partial charge on any atom is -0.463 e. The summed E-state index contributed by atoms with van der Waals surface area (Å²) in [6.45, 7) is 7.63. The zero-order valence-corrected chi connectivity index (χ0v) is 24.1. The summed E-state index contributed by atoms with van der Waals surface area (Å²) in [5, 5.41) is 11.8. The van der Waals surface area contributed by atoms with E-state index < -0.39 is 11.7 Å². The lowest BCUT2D eigenvalue weighted by atomic mass is 10.0. The number of aromatic nitrogens is 4. The number of fused-ring (bicyclic) bond motifs is 2. The van der Waals surface area contributed by atoms with Crippen molar-refractivity contribution in [2.24, 2.45) is 7.05 Å². The molecule has 0 radical (unpaired) electrons. The summed E-state index contributed by atoms with van der Waals surface area (Å²) < 4.78 is 22.1. The van der Waals surface area contributed by atoms with E-state index >= 15 is 0 Å². The van der Waals surface area contributed by atoms with Crippen molar-refractivity contribution in [1.82, 2.24) is 30.0 Å². The highest BCUT2D eigenvalue weighted by atomic mass is 19.1. The quantitative estimate of drug-likeness (QED) is 0.307. The highest BCUT2D eigenvalue weighted by molar-refractivity contribution is 6.14. The molecule has 4 aromatic rings. The van der Waals surface area contributed by atoms with Crippen molar-refractivity contribution < 1.29 is 18.7 Å². The molecule has 2 aromatic carbocycles. The van der Waals surface area contributed by atoms with E-state index in [9.17, 15) is 14.0 Å². The molecular formula is C30H35FN8O3. The van der Waals surface area contributed by atoms with Gasteiger partial charge in [0.2, 0.25) is 5.91 Å². The second kappa shape index (κ2) is 11.5. The lowest BCUT2D eigenvalue weighted by Crippen LogP contribution is -2.54. The lowest BCUT2D eigenvalue weighted by Gasteiger charge is -2.38. The zero-order valence-electron chi connectivity index (χ0n) is 24.1. The first-order valence-electron chi connectivity index (χ1n) is 14.4. The fourth-order valence-electron chi connectivity index (χ4n) is 5.98. The third kappa shape index (κ3) is 5.71. The molecule has 6 rings (SSSR count). The van der Waals surface area contributed by atoms with Crippen LogP contribution in [0.3, 0.4) is 0 Å². The Labute approximate surface area is 243 Å². The molecular weight excluding hydrogens is 539 g/mol.